The van der Waals surface area contributed by atoms with E-state index in [9.17, 15) is 18.0 Å². The minimum absolute atomic E-state index is 0.0398. The molecule has 0 unspecified atom stereocenters. The molecule has 1 aromatic heterocycles. The van der Waals surface area contributed by atoms with E-state index in [4.69, 9.17) is 0 Å². The van der Waals surface area contributed by atoms with Gasteiger partial charge in [0.2, 0.25) is 27.0 Å². The first-order valence-electron chi connectivity index (χ1n) is 7.23. The van der Waals surface area contributed by atoms with Crippen LogP contribution in [0.2, 0.25) is 0 Å². The van der Waals surface area contributed by atoms with E-state index < -0.39 is 10.0 Å². The Morgan fingerprint density at radius 2 is 1.80 bits per heavy atom. The summed E-state index contributed by atoms with van der Waals surface area (Å²) < 4.78 is 26.7. The highest BCUT2D eigenvalue weighted by atomic mass is 32.2. The fraction of sp³-hybridized carbons (Fsp3) is 0.286. The lowest BCUT2D eigenvalue weighted by Crippen LogP contribution is -2.27. The van der Waals surface area contributed by atoms with Gasteiger partial charge in [-0.25, -0.2) is 13.1 Å². The number of anilines is 2. The van der Waals surface area contributed by atoms with Crippen molar-refractivity contribution in [2.75, 3.05) is 17.2 Å². The summed E-state index contributed by atoms with van der Waals surface area (Å²) in [4.78, 5) is 22.7. The van der Waals surface area contributed by atoms with Gasteiger partial charge in [0.1, 0.15) is 5.01 Å². The molecule has 0 fully saturated rings. The van der Waals surface area contributed by atoms with E-state index in [-0.39, 0.29) is 29.7 Å². The predicted octanol–water partition coefficient (Wildman–Crippen LogP) is 1.11. The molecule has 2 amide bonds. The minimum Gasteiger partial charge on any atom is -0.326 e. The van der Waals surface area contributed by atoms with Crippen LogP contribution in [0.4, 0.5) is 10.8 Å². The number of nitrogens with one attached hydrogen (secondary N) is 3. The van der Waals surface area contributed by atoms with Crippen molar-refractivity contribution in [1.29, 1.82) is 0 Å². The standard InChI is InChI=1S/C14H17N5O4S2/c1-9(20)16-11-3-5-12(6-4-11)25(22,23)15-8-7-13(21)17-14-19-18-10(2)24-14/h3-6,15H,7-8H2,1-2H3,(H,16,20)(H,17,19,21). The summed E-state index contributed by atoms with van der Waals surface area (Å²) in [5.74, 6) is -0.606. The van der Waals surface area contributed by atoms with Crippen molar-refractivity contribution < 1.29 is 18.0 Å². The summed E-state index contributed by atoms with van der Waals surface area (Å²) in [5, 5.41) is 13.7. The Bertz CT molecular complexity index is 862. The molecule has 0 bridgehead atoms. The Hall–Kier alpha value is -2.37. The molecule has 0 radical (unpaired) electrons. The van der Waals surface area contributed by atoms with Gasteiger partial charge >= 0.3 is 0 Å². The van der Waals surface area contributed by atoms with Gasteiger partial charge in [-0.3, -0.25) is 9.59 Å². The van der Waals surface area contributed by atoms with E-state index in [2.05, 4.69) is 25.6 Å². The highest BCUT2D eigenvalue weighted by Gasteiger charge is 2.14. The minimum atomic E-state index is -3.74. The molecule has 25 heavy (non-hydrogen) atoms. The van der Waals surface area contributed by atoms with Crippen LogP contribution < -0.4 is 15.4 Å². The molecule has 9 nitrogen and oxygen atoms in total. The van der Waals surface area contributed by atoms with Gasteiger partial charge in [0.25, 0.3) is 0 Å². The van der Waals surface area contributed by atoms with E-state index in [1.807, 2.05) is 0 Å². The smallest absolute Gasteiger partial charge is 0.240 e. The SMILES string of the molecule is CC(=O)Nc1ccc(S(=O)(=O)NCCC(=O)Nc2nnc(C)s2)cc1. The molecule has 2 rings (SSSR count). The number of carbonyl (C=O) groups excluding carboxylic acids is 2. The maximum atomic E-state index is 12.2. The lowest BCUT2D eigenvalue weighted by Gasteiger charge is -2.08. The molecule has 3 N–H and O–H groups in total. The maximum Gasteiger partial charge on any atom is 0.240 e. The van der Waals surface area contributed by atoms with Crippen molar-refractivity contribution in [1.82, 2.24) is 14.9 Å². The van der Waals surface area contributed by atoms with Crippen LogP contribution in [0.25, 0.3) is 0 Å². The summed E-state index contributed by atoms with van der Waals surface area (Å²) >= 11 is 1.23. The quantitative estimate of drug-likeness (QED) is 0.657. The van der Waals surface area contributed by atoms with Crippen LogP contribution in [-0.4, -0.2) is 37.0 Å². The monoisotopic (exact) mass is 383 g/mol. The summed E-state index contributed by atoms with van der Waals surface area (Å²) in [6, 6.07) is 5.72. The Morgan fingerprint density at radius 3 is 2.36 bits per heavy atom. The van der Waals surface area contributed by atoms with E-state index in [0.717, 1.165) is 5.01 Å². The molecular weight excluding hydrogens is 366 g/mol. The van der Waals surface area contributed by atoms with Gasteiger partial charge in [0.15, 0.2) is 0 Å². The van der Waals surface area contributed by atoms with E-state index >= 15 is 0 Å². The average Bonchev–Trinajstić information content (AvgIpc) is 2.92. The Kier molecular flexibility index (Phi) is 6.17. The first kappa shape index (κ1) is 19.0. The second-order valence-corrected chi connectivity index (χ2v) is 7.98. The molecule has 0 saturated carbocycles. The third-order valence-electron chi connectivity index (χ3n) is 2.90. The molecular formula is C14H17N5O4S2. The van der Waals surface area contributed by atoms with Crippen LogP contribution in [0.15, 0.2) is 29.2 Å². The van der Waals surface area contributed by atoms with Crippen LogP contribution in [0.1, 0.15) is 18.4 Å². The second-order valence-electron chi connectivity index (χ2n) is 5.03. The first-order chi connectivity index (χ1) is 11.8. The largest absolute Gasteiger partial charge is 0.326 e. The molecule has 0 aliphatic carbocycles. The van der Waals surface area contributed by atoms with Gasteiger partial charge < -0.3 is 10.6 Å². The number of amides is 2. The fourth-order valence-electron chi connectivity index (χ4n) is 1.83. The van der Waals surface area contributed by atoms with Crippen LogP contribution in [0.5, 0.6) is 0 Å². The highest BCUT2D eigenvalue weighted by molar-refractivity contribution is 7.89. The zero-order chi connectivity index (χ0) is 18.4. The number of sulfonamides is 1. The van der Waals surface area contributed by atoms with Crippen molar-refractivity contribution in [3.8, 4) is 0 Å². The van der Waals surface area contributed by atoms with Crippen LogP contribution in [0, 0.1) is 6.92 Å². The third kappa shape index (κ3) is 5.89. The molecule has 2 aromatic rings. The Labute approximate surface area is 148 Å². The molecule has 0 saturated heterocycles. The molecule has 0 atom stereocenters. The maximum absolute atomic E-state index is 12.2. The number of hydrogen-bond donors (Lipinski definition) is 3. The molecule has 0 aliphatic heterocycles. The highest BCUT2D eigenvalue weighted by Crippen LogP contribution is 2.15. The van der Waals surface area contributed by atoms with E-state index in [0.29, 0.717) is 10.8 Å². The van der Waals surface area contributed by atoms with E-state index in [1.54, 1.807) is 6.92 Å². The van der Waals surface area contributed by atoms with Crippen LogP contribution in [0.3, 0.4) is 0 Å². The van der Waals surface area contributed by atoms with E-state index in [1.165, 1.54) is 42.5 Å². The predicted molar refractivity (Wildman–Crippen MR) is 93.8 cm³/mol. The summed E-state index contributed by atoms with van der Waals surface area (Å²) in [7, 11) is -3.74. The topological polar surface area (TPSA) is 130 Å². The van der Waals surface area contributed by atoms with Gasteiger partial charge in [0.05, 0.1) is 4.90 Å². The van der Waals surface area contributed by atoms with Gasteiger partial charge in [-0.2, -0.15) is 0 Å². The second kappa shape index (κ2) is 8.14. The molecule has 1 heterocycles. The number of rotatable bonds is 7. The van der Waals surface area contributed by atoms with Gasteiger partial charge in [-0.1, -0.05) is 11.3 Å². The number of aromatic nitrogens is 2. The molecule has 134 valence electrons. The molecule has 11 heteroatoms. The number of nitrogens with zero attached hydrogens (tertiary/aromatic N) is 2. The molecule has 1 aromatic carbocycles. The summed E-state index contributed by atoms with van der Waals surface area (Å²) in [6.07, 6.45) is -0.0398. The van der Waals surface area contributed by atoms with Crippen molar-refractivity contribution in [2.24, 2.45) is 0 Å². The fourth-order valence-corrected chi connectivity index (χ4v) is 3.47. The Morgan fingerprint density at radius 1 is 1.12 bits per heavy atom. The molecule has 0 aliphatic rings. The number of benzene rings is 1. The summed E-state index contributed by atoms with van der Waals surface area (Å²) in [5.41, 5.74) is 0.498. The van der Waals surface area contributed by atoms with Crippen LogP contribution >= 0.6 is 11.3 Å². The molecule has 0 spiro atoms. The third-order valence-corrected chi connectivity index (χ3v) is 5.13. The van der Waals surface area contributed by atoms with Gasteiger partial charge in [-0.15, -0.1) is 10.2 Å². The zero-order valence-electron chi connectivity index (χ0n) is 13.6. The number of hydrogen-bond acceptors (Lipinski definition) is 7. The van der Waals surface area contributed by atoms with Gasteiger partial charge in [-0.05, 0) is 31.2 Å². The van der Waals surface area contributed by atoms with Crippen LogP contribution in [-0.2, 0) is 19.6 Å². The lowest BCUT2D eigenvalue weighted by atomic mass is 10.3. The van der Waals surface area contributed by atoms with Gasteiger partial charge in [0, 0.05) is 25.6 Å². The number of aryl methyl sites for hydroxylation is 1. The lowest BCUT2D eigenvalue weighted by molar-refractivity contribution is -0.116. The zero-order valence-corrected chi connectivity index (χ0v) is 15.2. The first-order valence-corrected chi connectivity index (χ1v) is 9.53. The van der Waals surface area contributed by atoms with Crippen molar-refractivity contribution >= 4 is 44.0 Å². The normalized spacial score (nSPS) is 11.1. The summed E-state index contributed by atoms with van der Waals surface area (Å²) in [6.45, 7) is 3.07. The average molecular weight is 383 g/mol. The number of carbonyl (C=O) groups is 2. The Balaban J connectivity index is 1.86. The van der Waals surface area contributed by atoms with Crippen molar-refractivity contribution in [2.45, 2.75) is 25.2 Å². The van der Waals surface area contributed by atoms with Crippen molar-refractivity contribution in [3.63, 3.8) is 0 Å². The van der Waals surface area contributed by atoms with Crippen molar-refractivity contribution in [3.05, 3.63) is 29.3 Å².